The zero-order chi connectivity index (χ0) is 41.5. The summed E-state index contributed by atoms with van der Waals surface area (Å²) in [6, 6.07) is -1.22. The Labute approximate surface area is 332 Å². The zero-order valence-electron chi connectivity index (χ0n) is 34.8. The quantitative estimate of drug-likeness (QED) is 0.194. The van der Waals surface area contributed by atoms with Crippen LogP contribution < -0.4 is 0 Å². The summed E-state index contributed by atoms with van der Waals surface area (Å²) in [5, 5.41) is 34.0. The zero-order valence-corrected chi connectivity index (χ0v) is 34.8. The Balaban J connectivity index is 1.77. The van der Waals surface area contributed by atoms with Gasteiger partial charge in [0.15, 0.2) is 0 Å². The summed E-state index contributed by atoms with van der Waals surface area (Å²) in [7, 11) is 4.60. The van der Waals surface area contributed by atoms with Crippen molar-refractivity contribution in [2.24, 2.45) is 29.6 Å². The number of hydrogen-bond acceptors (Lipinski definition) is 12. The highest BCUT2D eigenvalue weighted by atomic mass is 16.7. The molecule has 0 aromatic rings. The first kappa shape index (κ1) is 45.9. The second-order valence-corrected chi connectivity index (χ2v) is 16.8. The van der Waals surface area contributed by atoms with Gasteiger partial charge in [0, 0.05) is 51.7 Å². The molecule has 3 aliphatic heterocycles. The Hall–Kier alpha value is -2.78. The van der Waals surface area contributed by atoms with Crippen molar-refractivity contribution in [3.8, 4) is 0 Å². The van der Waals surface area contributed by atoms with Crippen LogP contribution in [0.3, 0.4) is 0 Å². The minimum atomic E-state index is -2.53. The maximum Gasteiger partial charge on any atom is 0.329 e. The largest absolute Gasteiger partial charge is 0.456 e. The number of aliphatic hydroxyl groups is 3. The Morgan fingerprint density at radius 3 is 2.23 bits per heavy atom. The number of fused-ring (bicyclic) bond motifs is 3. The maximum atomic E-state index is 14.2. The fraction of sp³-hybridized carbons (Fsp3) is 0.767. The van der Waals surface area contributed by atoms with Gasteiger partial charge in [-0.2, -0.15) is 0 Å². The van der Waals surface area contributed by atoms with E-state index in [1.165, 1.54) is 20.4 Å². The number of amides is 1. The van der Waals surface area contributed by atoms with Crippen molar-refractivity contribution in [1.29, 1.82) is 0 Å². The molecule has 13 heteroatoms. The Kier molecular flexibility index (Phi) is 16.6. The minimum absolute atomic E-state index is 0.0103. The van der Waals surface area contributed by atoms with Crippen molar-refractivity contribution in [1.82, 2.24) is 4.90 Å². The molecule has 2 bridgehead atoms. The molecule has 0 spiro atoms. The predicted octanol–water partition coefficient (Wildman–Crippen LogP) is 4.60. The molecule has 1 saturated carbocycles. The molecule has 4 aliphatic rings. The molecular weight excluding hydrogens is 722 g/mol. The van der Waals surface area contributed by atoms with E-state index < -0.39 is 83.9 Å². The van der Waals surface area contributed by atoms with Crippen LogP contribution in [-0.2, 0) is 42.9 Å². The third-order valence-electron chi connectivity index (χ3n) is 12.6. The van der Waals surface area contributed by atoms with Crippen molar-refractivity contribution in [3.05, 3.63) is 35.6 Å². The number of carbonyl (C=O) groups is 4. The van der Waals surface area contributed by atoms with E-state index in [2.05, 4.69) is 0 Å². The summed E-state index contributed by atoms with van der Waals surface area (Å²) in [5.41, 5.74) is 1.64. The monoisotopic (exact) mass is 789 g/mol. The molecule has 0 aromatic carbocycles. The van der Waals surface area contributed by atoms with E-state index in [1.54, 1.807) is 34.0 Å². The summed E-state index contributed by atoms with van der Waals surface area (Å²) >= 11 is 0. The van der Waals surface area contributed by atoms with Crippen LogP contribution in [0.4, 0.5) is 0 Å². The minimum Gasteiger partial charge on any atom is -0.456 e. The van der Waals surface area contributed by atoms with Crippen LogP contribution in [0.2, 0.25) is 0 Å². The number of Topliss-reactive ketones (excluding diaryl/α,β-unsaturated/α-hetero) is 2. The van der Waals surface area contributed by atoms with Crippen LogP contribution in [0.1, 0.15) is 106 Å². The third-order valence-corrected chi connectivity index (χ3v) is 12.6. The molecule has 1 aliphatic carbocycles. The van der Waals surface area contributed by atoms with Gasteiger partial charge in [0.05, 0.1) is 30.5 Å². The number of nitrogens with zero attached hydrogens (tertiary/aromatic N) is 1. The summed E-state index contributed by atoms with van der Waals surface area (Å²) < 4.78 is 29.6. The smallest absolute Gasteiger partial charge is 0.329 e. The van der Waals surface area contributed by atoms with Gasteiger partial charge in [-0.1, -0.05) is 51.5 Å². The number of allylic oxidation sites excluding steroid dienone is 4. The summed E-state index contributed by atoms with van der Waals surface area (Å²) in [5.74, 6) is -7.80. The molecule has 1 saturated heterocycles. The van der Waals surface area contributed by atoms with Crippen molar-refractivity contribution in [2.75, 3.05) is 21.3 Å². The average Bonchev–Trinajstić information content (AvgIpc) is 3.18. The molecule has 56 heavy (non-hydrogen) atoms. The van der Waals surface area contributed by atoms with E-state index >= 15 is 0 Å². The highest BCUT2D eigenvalue weighted by molar-refractivity contribution is 6.39. The molecule has 316 valence electrons. The molecule has 4 rings (SSSR count). The van der Waals surface area contributed by atoms with Gasteiger partial charge < -0.3 is 39.0 Å². The van der Waals surface area contributed by atoms with E-state index in [4.69, 9.17) is 23.7 Å². The Morgan fingerprint density at radius 2 is 1.59 bits per heavy atom. The normalized spacial score (nSPS) is 41.3. The first-order valence-corrected chi connectivity index (χ1v) is 20.5. The molecule has 2 fully saturated rings. The van der Waals surface area contributed by atoms with Gasteiger partial charge in [-0.25, -0.2) is 4.79 Å². The fourth-order valence-corrected chi connectivity index (χ4v) is 9.08. The van der Waals surface area contributed by atoms with Gasteiger partial charge in [-0.05, 0) is 89.0 Å². The van der Waals surface area contributed by atoms with Gasteiger partial charge in [-0.15, -0.1) is 0 Å². The Morgan fingerprint density at radius 1 is 0.929 bits per heavy atom. The van der Waals surface area contributed by atoms with Crippen molar-refractivity contribution in [2.45, 2.75) is 160 Å². The molecule has 1 unspecified atom stereocenters. The van der Waals surface area contributed by atoms with E-state index in [9.17, 15) is 34.5 Å². The highest BCUT2D eigenvalue weighted by Gasteiger charge is 2.56. The SMILES string of the molecule is CC[C@@H]1/C=C(\C)C[C@H](C)C[C@H](OC)[C@H]2O[C@@](O)(C(=O)C(=O)N3C=CCC[C@H]3C(=O)O[C@H](/C(C)=C/C3CC[C@@H](O)[C@H](OC)C3)[C@H](C)[C@@H](O)CC1=O)[C@H](C)C[C@@H]2OC. The lowest BCUT2D eigenvalue weighted by molar-refractivity contribution is -0.302. The second kappa shape index (κ2) is 20.3. The van der Waals surface area contributed by atoms with Gasteiger partial charge in [0.1, 0.15) is 24.0 Å². The van der Waals surface area contributed by atoms with Crippen LogP contribution >= 0.6 is 0 Å². The van der Waals surface area contributed by atoms with Crippen LogP contribution in [0.25, 0.3) is 0 Å². The van der Waals surface area contributed by atoms with Crippen molar-refractivity contribution in [3.63, 3.8) is 0 Å². The third kappa shape index (κ3) is 10.6. The molecule has 0 aromatic heterocycles. The van der Waals surface area contributed by atoms with Crippen LogP contribution in [0.15, 0.2) is 35.6 Å². The molecule has 3 N–H and O–H groups in total. The number of carbonyl (C=O) groups excluding carboxylic acids is 4. The highest BCUT2D eigenvalue weighted by Crippen LogP contribution is 2.39. The fourth-order valence-electron chi connectivity index (χ4n) is 9.08. The maximum absolute atomic E-state index is 14.2. The van der Waals surface area contributed by atoms with Crippen LogP contribution in [-0.4, -0.2) is 120 Å². The summed E-state index contributed by atoms with van der Waals surface area (Å²) in [4.78, 5) is 57.3. The van der Waals surface area contributed by atoms with E-state index in [1.807, 2.05) is 32.9 Å². The number of aliphatic hydroxyl groups excluding tert-OH is 2. The predicted molar refractivity (Wildman–Crippen MR) is 208 cm³/mol. The number of esters is 1. The van der Waals surface area contributed by atoms with Gasteiger partial charge in [0.25, 0.3) is 5.78 Å². The second-order valence-electron chi connectivity index (χ2n) is 16.8. The summed E-state index contributed by atoms with van der Waals surface area (Å²) in [6.07, 6.45) is 5.75. The number of ketones is 2. The van der Waals surface area contributed by atoms with Gasteiger partial charge in [-0.3, -0.25) is 19.3 Å². The number of methoxy groups -OCH3 is 3. The molecular formula is C43H67NO12. The lowest BCUT2D eigenvalue weighted by Gasteiger charge is -2.46. The van der Waals surface area contributed by atoms with Crippen LogP contribution in [0.5, 0.6) is 0 Å². The number of cyclic esters (lactones) is 1. The summed E-state index contributed by atoms with van der Waals surface area (Å²) in [6.45, 7) is 11.1. The van der Waals surface area contributed by atoms with Crippen LogP contribution in [0, 0.1) is 29.6 Å². The average molecular weight is 790 g/mol. The number of hydrogen-bond donors (Lipinski definition) is 3. The molecule has 1 amide bonds. The topological polar surface area (TPSA) is 178 Å². The van der Waals surface area contributed by atoms with Crippen molar-refractivity contribution >= 4 is 23.4 Å². The standard InChI is InChI=1S/C43H67NO12/c1-10-30-18-24(2)17-25(3)19-36(53-8)39-37(54-9)21-27(5)43(51,56-39)40(48)41(49)44-16-12-11-13-31(44)42(50)55-38(28(6)33(46)23-34(30)47)26(4)20-29-14-15-32(45)35(22-29)52-7/h12,16,18,20,25,27-33,35-39,45-46,51H,10-11,13-15,17,19,21-23H2,1-9H3/b24-18+,26-20+/t25-,27+,28+,29?,30+,31-,32+,33-,35+,36-,37-,38+,39+,43+/m0/s1. The molecule has 3 heterocycles. The van der Waals surface area contributed by atoms with E-state index in [0.29, 0.717) is 50.5 Å². The number of ether oxygens (including phenoxy) is 5. The van der Waals surface area contributed by atoms with E-state index in [-0.39, 0.29) is 43.0 Å². The first-order chi connectivity index (χ1) is 26.5. The van der Waals surface area contributed by atoms with Crippen molar-refractivity contribution < 1.29 is 58.2 Å². The van der Waals surface area contributed by atoms with Gasteiger partial charge in [0.2, 0.25) is 5.79 Å². The Bertz CT molecular complexity index is 1480. The molecule has 13 nitrogen and oxygen atoms in total. The lowest BCUT2D eigenvalue weighted by Crippen LogP contribution is -2.64. The van der Waals surface area contributed by atoms with E-state index in [0.717, 1.165) is 10.5 Å². The molecule has 14 atom stereocenters. The molecule has 0 radical (unpaired) electrons. The van der Waals surface area contributed by atoms with Gasteiger partial charge >= 0.3 is 11.9 Å². The number of rotatable bonds is 6. The first-order valence-electron chi connectivity index (χ1n) is 20.5. The lowest BCUT2D eigenvalue weighted by atomic mass is 9.81.